The molecule has 1 aromatic heterocycles. The standard InChI is InChI=1S/C11H12FN3/c12-8-3-4-11-9(6-8)10(2-1-5-13)14-7-15-11/h3-4,6-7H,1-2,5,13H2. The van der Waals surface area contributed by atoms with Crippen LogP contribution in [0.3, 0.4) is 0 Å². The van der Waals surface area contributed by atoms with Gasteiger partial charge in [0.15, 0.2) is 0 Å². The molecule has 1 aromatic carbocycles. The Kier molecular flexibility index (Phi) is 2.87. The lowest BCUT2D eigenvalue weighted by Gasteiger charge is -2.03. The number of hydrogen-bond donors (Lipinski definition) is 1. The fourth-order valence-electron chi connectivity index (χ4n) is 1.55. The van der Waals surface area contributed by atoms with Crippen molar-refractivity contribution >= 4 is 10.9 Å². The second kappa shape index (κ2) is 4.31. The first-order valence-electron chi connectivity index (χ1n) is 4.90. The zero-order valence-electron chi connectivity index (χ0n) is 8.28. The van der Waals surface area contributed by atoms with Crippen molar-refractivity contribution < 1.29 is 4.39 Å². The average molecular weight is 205 g/mol. The molecule has 0 atom stereocenters. The number of fused-ring (bicyclic) bond motifs is 1. The Balaban J connectivity index is 2.48. The number of nitrogens with two attached hydrogens (primary N) is 1. The maximum Gasteiger partial charge on any atom is 0.124 e. The molecule has 0 amide bonds. The van der Waals surface area contributed by atoms with Crippen LogP contribution in [-0.2, 0) is 6.42 Å². The van der Waals surface area contributed by atoms with E-state index in [0.29, 0.717) is 6.54 Å². The first-order chi connectivity index (χ1) is 7.31. The van der Waals surface area contributed by atoms with E-state index >= 15 is 0 Å². The van der Waals surface area contributed by atoms with E-state index in [1.54, 1.807) is 6.07 Å². The minimum absolute atomic E-state index is 0.258. The fourth-order valence-corrected chi connectivity index (χ4v) is 1.55. The molecule has 2 aromatic rings. The minimum Gasteiger partial charge on any atom is -0.330 e. The minimum atomic E-state index is -0.258. The molecule has 2 N–H and O–H groups in total. The molecule has 3 nitrogen and oxygen atoms in total. The molecule has 78 valence electrons. The third-order valence-corrected chi connectivity index (χ3v) is 2.30. The van der Waals surface area contributed by atoms with Crippen LogP contribution in [0.25, 0.3) is 10.9 Å². The summed E-state index contributed by atoms with van der Waals surface area (Å²) < 4.78 is 13.1. The maximum atomic E-state index is 13.1. The van der Waals surface area contributed by atoms with Crippen molar-refractivity contribution in [3.63, 3.8) is 0 Å². The zero-order chi connectivity index (χ0) is 10.7. The summed E-state index contributed by atoms with van der Waals surface area (Å²) in [5.74, 6) is -0.258. The average Bonchev–Trinajstić information content (AvgIpc) is 2.26. The third kappa shape index (κ3) is 2.10. The fraction of sp³-hybridized carbons (Fsp3) is 0.273. The number of nitrogens with zero attached hydrogens (tertiary/aromatic N) is 2. The normalized spacial score (nSPS) is 10.8. The molecular formula is C11H12FN3. The Hall–Kier alpha value is -1.55. The maximum absolute atomic E-state index is 13.1. The van der Waals surface area contributed by atoms with Crippen molar-refractivity contribution in [3.8, 4) is 0 Å². The van der Waals surface area contributed by atoms with Crippen LogP contribution in [0, 0.1) is 5.82 Å². The number of aryl methyl sites for hydroxylation is 1. The lowest BCUT2D eigenvalue weighted by Crippen LogP contribution is -2.02. The van der Waals surface area contributed by atoms with Crippen LogP contribution in [0.4, 0.5) is 4.39 Å². The highest BCUT2D eigenvalue weighted by molar-refractivity contribution is 5.80. The van der Waals surface area contributed by atoms with E-state index in [-0.39, 0.29) is 5.82 Å². The van der Waals surface area contributed by atoms with Crippen LogP contribution in [0.15, 0.2) is 24.5 Å². The highest BCUT2D eigenvalue weighted by Gasteiger charge is 2.04. The first-order valence-corrected chi connectivity index (χ1v) is 4.90. The predicted octanol–water partition coefficient (Wildman–Crippen LogP) is 1.66. The van der Waals surface area contributed by atoms with Gasteiger partial charge in [0.25, 0.3) is 0 Å². The summed E-state index contributed by atoms with van der Waals surface area (Å²) in [6, 6.07) is 4.54. The smallest absolute Gasteiger partial charge is 0.124 e. The van der Waals surface area contributed by atoms with Crippen LogP contribution in [0.5, 0.6) is 0 Å². The molecule has 0 aliphatic heterocycles. The van der Waals surface area contributed by atoms with E-state index in [0.717, 1.165) is 29.4 Å². The van der Waals surface area contributed by atoms with Gasteiger partial charge >= 0.3 is 0 Å². The highest BCUT2D eigenvalue weighted by atomic mass is 19.1. The number of halogens is 1. The van der Waals surface area contributed by atoms with Gasteiger partial charge in [-0.2, -0.15) is 0 Å². The summed E-state index contributed by atoms with van der Waals surface area (Å²) in [5.41, 5.74) is 7.07. The van der Waals surface area contributed by atoms with E-state index in [4.69, 9.17) is 5.73 Å². The Morgan fingerprint density at radius 1 is 1.27 bits per heavy atom. The summed E-state index contributed by atoms with van der Waals surface area (Å²) >= 11 is 0. The van der Waals surface area contributed by atoms with E-state index in [1.807, 2.05) is 0 Å². The van der Waals surface area contributed by atoms with Crippen LogP contribution >= 0.6 is 0 Å². The van der Waals surface area contributed by atoms with Gasteiger partial charge in [-0.15, -0.1) is 0 Å². The Morgan fingerprint density at radius 3 is 2.93 bits per heavy atom. The summed E-state index contributed by atoms with van der Waals surface area (Å²) in [6.07, 6.45) is 3.12. The summed E-state index contributed by atoms with van der Waals surface area (Å²) in [5, 5.41) is 0.783. The van der Waals surface area contributed by atoms with Gasteiger partial charge in [-0.05, 0) is 37.6 Å². The number of hydrogen-bond acceptors (Lipinski definition) is 3. The van der Waals surface area contributed by atoms with Crippen molar-refractivity contribution in [2.75, 3.05) is 6.54 Å². The summed E-state index contributed by atoms with van der Waals surface area (Å²) in [4.78, 5) is 8.23. The molecular weight excluding hydrogens is 193 g/mol. The molecule has 0 radical (unpaired) electrons. The second-order valence-corrected chi connectivity index (χ2v) is 3.37. The molecule has 0 saturated carbocycles. The lowest BCUT2D eigenvalue weighted by molar-refractivity contribution is 0.629. The van der Waals surface area contributed by atoms with Crippen LogP contribution < -0.4 is 5.73 Å². The molecule has 0 spiro atoms. The van der Waals surface area contributed by atoms with Crippen molar-refractivity contribution in [2.45, 2.75) is 12.8 Å². The molecule has 4 heteroatoms. The molecule has 0 saturated heterocycles. The number of benzene rings is 1. The molecule has 15 heavy (non-hydrogen) atoms. The van der Waals surface area contributed by atoms with E-state index in [2.05, 4.69) is 9.97 Å². The van der Waals surface area contributed by atoms with Gasteiger partial charge in [0, 0.05) is 5.39 Å². The van der Waals surface area contributed by atoms with Crippen LogP contribution in [0.2, 0.25) is 0 Å². The van der Waals surface area contributed by atoms with Crippen molar-refractivity contribution in [3.05, 3.63) is 36.0 Å². The molecule has 0 aliphatic rings. The van der Waals surface area contributed by atoms with Gasteiger partial charge in [0.05, 0.1) is 11.2 Å². The molecule has 0 fully saturated rings. The van der Waals surface area contributed by atoms with Crippen molar-refractivity contribution in [2.24, 2.45) is 5.73 Å². The monoisotopic (exact) mass is 205 g/mol. The molecule has 0 bridgehead atoms. The predicted molar refractivity (Wildman–Crippen MR) is 56.9 cm³/mol. The molecule has 2 rings (SSSR count). The number of rotatable bonds is 3. The molecule has 0 aliphatic carbocycles. The first kappa shape index (κ1) is 9.98. The summed E-state index contributed by atoms with van der Waals surface area (Å²) in [6.45, 7) is 0.612. The summed E-state index contributed by atoms with van der Waals surface area (Å²) in [7, 11) is 0. The lowest BCUT2D eigenvalue weighted by atomic mass is 10.1. The van der Waals surface area contributed by atoms with Crippen molar-refractivity contribution in [1.82, 2.24) is 9.97 Å². The van der Waals surface area contributed by atoms with Gasteiger partial charge in [0.1, 0.15) is 12.1 Å². The largest absolute Gasteiger partial charge is 0.330 e. The zero-order valence-corrected chi connectivity index (χ0v) is 8.28. The van der Waals surface area contributed by atoms with Gasteiger partial charge in [-0.3, -0.25) is 0 Å². The van der Waals surface area contributed by atoms with Gasteiger partial charge in [0.2, 0.25) is 0 Å². The van der Waals surface area contributed by atoms with Gasteiger partial charge < -0.3 is 5.73 Å². The van der Waals surface area contributed by atoms with Crippen molar-refractivity contribution in [1.29, 1.82) is 0 Å². The second-order valence-electron chi connectivity index (χ2n) is 3.37. The quantitative estimate of drug-likeness (QED) is 0.829. The third-order valence-electron chi connectivity index (χ3n) is 2.30. The SMILES string of the molecule is NCCCc1ncnc2ccc(F)cc12. The van der Waals surface area contributed by atoms with E-state index in [9.17, 15) is 4.39 Å². The van der Waals surface area contributed by atoms with Gasteiger partial charge in [-0.25, -0.2) is 14.4 Å². The van der Waals surface area contributed by atoms with Crippen LogP contribution in [0.1, 0.15) is 12.1 Å². The topological polar surface area (TPSA) is 51.8 Å². The molecule has 1 heterocycles. The van der Waals surface area contributed by atoms with Gasteiger partial charge in [-0.1, -0.05) is 0 Å². The number of aromatic nitrogens is 2. The molecule has 0 unspecified atom stereocenters. The Labute approximate surface area is 87.2 Å². The van der Waals surface area contributed by atoms with E-state index < -0.39 is 0 Å². The Morgan fingerprint density at radius 2 is 2.13 bits per heavy atom. The van der Waals surface area contributed by atoms with Crippen LogP contribution in [-0.4, -0.2) is 16.5 Å². The highest BCUT2D eigenvalue weighted by Crippen LogP contribution is 2.16. The van der Waals surface area contributed by atoms with E-state index in [1.165, 1.54) is 18.5 Å². The Bertz CT molecular complexity index is 470.